The molecule has 0 radical (unpaired) electrons. The molecule has 2 aromatic rings. The standard InChI is InChI=1S/C18H15NO4/c20-12-13-6-8-16(9-7-13)23-18(22)14-10-17(21)19(11-14)15-4-2-1-3-5-15/h1-9,12,14H,10-11H2/t14-/m1/s1. The zero-order valence-electron chi connectivity index (χ0n) is 12.3. The van der Waals surface area contributed by atoms with Crippen molar-refractivity contribution in [2.75, 3.05) is 11.4 Å². The number of benzene rings is 2. The molecule has 1 saturated heterocycles. The van der Waals surface area contributed by atoms with Crippen LogP contribution in [0.3, 0.4) is 0 Å². The number of amides is 1. The lowest BCUT2D eigenvalue weighted by atomic mass is 10.1. The number of para-hydroxylation sites is 1. The summed E-state index contributed by atoms with van der Waals surface area (Å²) in [5.41, 5.74) is 1.29. The molecule has 0 aromatic heterocycles. The van der Waals surface area contributed by atoms with Gasteiger partial charge in [0.1, 0.15) is 12.0 Å². The number of anilines is 1. The van der Waals surface area contributed by atoms with Gasteiger partial charge in [-0.1, -0.05) is 18.2 Å². The highest BCUT2D eigenvalue weighted by molar-refractivity contribution is 5.99. The molecule has 1 atom stereocenters. The fourth-order valence-electron chi connectivity index (χ4n) is 2.54. The fourth-order valence-corrected chi connectivity index (χ4v) is 2.54. The Kier molecular flexibility index (Phi) is 4.19. The molecule has 1 heterocycles. The van der Waals surface area contributed by atoms with Crippen LogP contribution in [0.25, 0.3) is 0 Å². The molecule has 3 rings (SSSR count). The van der Waals surface area contributed by atoms with E-state index in [9.17, 15) is 14.4 Å². The van der Waals surface area contributed by atoms with E-state index in [0.29, 0.717) is 17.9 Å². The number of hydrogen-bond donors (Lipinski definition) is 0. The number of nitrogens with zero attached hydrogens (tertiary/aromatic N) is 1. The smallest absolute Gasteiger partial charge is 0.316 e. The lowest BCUT2D eigenvalue weighted by Gasteiger charge is -2.16. The number of ether oxygens (including phenoxy) is 1. The summed E-state index contributed by atoms with van der Waals surface area (Å²) in [5, 5.41) is 0. The molecule has 0 unspecified atom stereocenters. The molecule has 5 heteroatoms. The van der Waals surface area contributed by atoms with Crippen LogP contribution >= 0.6 is 0 Å². The van der Waals surface area contributed by atoms with Gasteiger partial charge in [0.2, 0.25) is 5.91 Å². The van der Waals surface area contributed by atoms with E-state index in [2.05, 4.69) is 0 Å². The maximum Gasteiger partial charge on any atom is 0.316 e. The van der Waals surface area contributed by atoms with Crippen molar-refractivity contribution in [1.29, 1.82) is 0 Å². The van der Waals surface area contributed by atoms with Crippen LogP contribution in [0.15, 0.2) is 54.6 Å². The van der Waals surface area contributed by atoms with Crippen LogP contribution in [0.1, 0.15) is 16.8 Å². The number of hydrogen-bond acceptors (Lipinski definition) is 4. The Morgan fingerprint density at radius 2 is 1.78 bits per heavy atom. The van der Waals surface area contributed by atoms with Crippen molar-refractivity contribution in [3.63, 3.8) is 0 Å². The Morgan fingerprint density at radius 1 is 1.09 bits per heavy atom. The Labute approximate surface area is 133 Å². The van der Waals surface area contributed by atoms with E-state index in [1.807, 2.05) is 30.3 Å². The topological polar surface area (TPSA) is 63.7 Å². The quantitative estimate of drug-likeness (QED) is 0.494. The van der Waals surface area contributed by atoms with Crippen LogP contribution in [-0.4, -0.2) is 24.7 Å². The molecular weight excluding hydrogens is 294 g/mol. The maximum atomic E-state index is 12.2. The molecule has 1 aliphatic rings. The van der Waals surface area contributed by atoms with E-state index >= 15 is 0 Å². The first-order chi connectivity index (χ1) is 11.2. The Morgan fingerprint density at radius 3 is 2.43 bits per heavy atom. The number of aldehydes is 1. The van der Waals surface area contributed by atoms with E-state index in [-0.39, 0.29) is 12.3 Å². The zero-order chi connectivity index (χ0) is 16.2. The summed E-state index contributed by atoms with van der Waals surface area (Å²) in [6.07, 6.45) is 0.860. The molecule has 0 bridgehead atoms. The predicted octanol–water partition coefficient (Wildman–Crippen LogP) is 2.46. The summed E-state index contributed by atoms with van der Waals surface area (Å²) >= 11 is 0. The summed E-state index contributed by atoms with van der Waals surface area (Å²) < 4.78 is 5.30. The first-order valence-electron chi connectivity index (χ1n) is 7.30. The summed E-state index contributed by atoms with van der Waals surface area (Å²) in [6, 6.07) is 15.5. The fraction of sp³-hybridized carbons (Fsp3) is 0.167. The average molecular weight is 309 g/mol. The van der Waals surface area contributed by atoms with Crippen LogP contribution in [-0.2, 0) is 9.59 Å². The van der Waals surface area contributed by atoms with Gasteiger partial charge in [0.25, 0.3) is 0 Å². The van der Waals surface area contributed by atoms with Gasteiger partial charge in [-0.2, -0.15) is 0 Å². The van der Waals surface area contributed by atoms with E-state index < -0.39 is 11.9 Å². The maximum absolute atomic E-state index is 12.2. The summed E-state index contributed by atoms with van der Waals surface area (Å²) in [6.45, 7) is 0.314. The molecule has 2 aromatic carbocycles. The highest BCUT2D eigenvalue weighted by Gasteiger charge is 2.36. The van der Waals surface area contributed by atoms with E-state index in [0.717, 1.165) is 12.0 Å². The molecule has 0 aliphatic carbocycles. The summed E-state index contributed by atoms with van der Waals surface area (Å²) in [4.78, 5) is 36.5. The minimum atomic E-state index is -0.492. The first-order valence-corrected chi connectivity index (χ1v) is 7.30. The van der Waals surface area contributed by atoms with Gasteiger partial charge in [-0.05, 0) is 36.4 Å². The van der Waals surface area contributed by atoms with Crippen LogP contribution in [0.2, 0.25) is 0 Å². The monoisotopic (exact) mass is 309 g/mol. The second-order valence-corrected chi connectivity index (χ2v) is 5.35. The SMILES string of the molecule is O=Cc1ccc(OC(=O)[C@@H]2CC(=O)N(c3ccccc3)C2)cc1. The van der Waals surface area contributed by atoms with Crippen molar-refractivity contribution in [3.05, 3.63) is 60.2 Å². The van der Waals surface area contributed by atoms with Gasteiger partial charge in [0.05, 0.1) is 5.92 Å². The Bertz CT molecular complexity index is 724. The van der Waals surface area contributed by atoms with Gasteiger partial charge in [0, 0.05) is 24.2 Å². The van der Waals surface area contributed by atoms with Crippen LogP contribution < -0.4 is 9.64 Å². The van der Waals surface area contributed by atoms with Crippen molar-refractivity contribution in [3.8, 4) is 5.75 Å². The molecule has 1 aliphatic heterocycles. The van der Waals surface area contributed by atoms with Gasteiger partial charge in [-0.25, -0.2) is 0 Å². The second kappa shape index (κ2) is 6.44. The highest BCUT2D eigenvalue weighted by Crippen LogP contribution is 2.26. The van der Waals surface area contributed by atoms with Gasteiger partial charge < -0.3 is 9.64 Å². The minimum absolute atomic E-state index is 0.0885. The molecule has 23 heavy (non-hydrogen) atoms. The Balaban J connectivity index is 1.66. The summed E-state index contributed by atoms with van der Waals surface area (Å²) in [7, 11) is 0. The highest BCUT2D eigenvalue weighted by atomic mass is 16.5. The van der Waals surface area contributed by atoms with Crippen molar-refractivity contribution < 1.29 is 19.1 Å². The van der Waals surface area contributed by atoms with Gasteiger partial charge in [-0.15, -0.1) is 0 Å². The molecule has 1 amide bonds. The van der Waals surface area contributed by atoms with Crippen molar-refractivity contribution in [2.24, 2.45) is 5.92 Å². The first kappa shape index (κ1) is 15.0. The average Bonchev–Trinajstić information content (AvgIpc) is 2.98. The third kappa shape index (κ3) is 3.29. The normalized spacial score (nSPS) is 17.1. The molecule has 0 N–H and O–H groups in total. The van der Waals surface area contributed by atoms with E-state index in [1.165, 1.54) is 0 Å². The van der Waals surface area contributed by atoms with E-state index in [1.54, 1.807) is 29.2 Å². The lowest BCUT2D eigenvalue weighted by molar-refractivity contribution is -0.139. The number of rotatable bonds is 4. The van der Waals surface area contributed by atoms with Gasteiger partial charge >= 0.3 is 5.97 Å². The number of carbonyl (C=O) groups excluding carboxylic acids is 3. The largest absolute Gasteiger partial charge is 0.426 e. The van der Waals surface area contributed by atoms with Crippen LogP contribution in [0.4, 0.5) is 5.69 Å². The third-order valence-corrected chi connectivity index (χ3v) is 3.76. The predicted molar refractivity (Wildman–Crippen MR) is 84.4 cm³/mol. The second-order valence-electron chi connectivity index (χ2n) is 5.35. The number of carbonyl (C=O) groups is 3. The third-order valence-electron chi connectivity index (χ3n) is 3.76. The minimum Gasteiger partial charge on any atom is -0.426 e. The molecule has 5 nitrogen and oxygen atoms in total. The zero-order valence-corrected chi connectivity index (χ0v) is 12.3. The van der Waals surface area contributed by atoms with Crippen molar-refractivity contribution in [1.82, 2.24) is 0 Å². The molecular formula is C18H15NO4. The van der Waals surface area contributed by atoms with E-state index in [4.69, 9.17) is 4.74 Å². The van der Waals surface area contributed by atoms with Crippen LogP contribution in [0.5, 0.6) is 5.75 Å². The van der Waals surface area contributed by atoms with Crippen molar-refractivity contribution in [2.45, 2.75) is 6.42 Å². The summed E-state index contributed by atoms with van der Waals surface area (Å²) in [5.74, 6) is -0.648. The molecule has 0 saturated carbocycles. The van der Waals surface area contributed by atoms with Crippen molar-refractivity contribution >= 4 is 23.9 Å². The number of esters is 1. The molecule has 1 fully saturated rings. The van der Waals surface area contributed by atoms with Crippen LogP contribution in [0, 0.1) is 5.92 Å². The van der Waals surface area contributed by atoms with Gasteiger partial charge in [0.15, 0.2) is 0 Å². The lowest BCUT2D eigenvalue weighted by Crippen LogP contribution is -2.27. The molecule has 116 valence electrons. The Hall–Kier alpha value is -2.95. The molecule has 0 spiro atoms. The van der Waals surface area contributed by atoms with Gasteiger partial charge in [-0.3, -0.25) is 14.4 Å².